The van der Waals surface area contributed by atoms with E-state index < -0.39 is 12.0 Å². The third-order valence-corrected chi connectivity index (χ3v) is 9.54. The summed E-state index contributed by atoms with van der Waals surface area (Å²) in [4.78, 5) is 32.3. The molecule has 0 aliphatic carbocycles. The van der Waals surface area contributed by atoms with Crippen molar-refractivity contribution >= 4 is 68.3 Å². The number of halogens is 2. The van der Waals surface area contributed by atoms with Crippen LogP contribution in [-0.4, -0.2) is 24.3 Å². The first-order valence-corrected chi connectivity index (χ1v) is 16.5. The SMILES string of the molecule is CCOC(=O)C1=C(C)N=c2s/c(=C/c3cc(I)c(OCc4cccc5ccccc45)c(OC)c3)c(=O)n2[C@H]1c1ccc(Cl)cc1. The normalized spacial score (nSPS) is 14.7. The highest BCUT2D eigenvalue weighted by atomic mass is 127. The van der Waals surface area contributed by atoms with E-state index in [1.807, 2.05) is 48.5 Å². The number of aromatic nitrogens is 1. The second-order valence-corrected chi connectivity index (χ2v) is 12.9. The maximum Gasteiger partial charge on any atom is 0.338 e. The van der Waals surface area contributed by atoms with Crippen LogP contribution in [-0.2, 0) is 16.1 Å². The summed E-state index contributed by atoms with van der Waals surface area (Å²) < 4.78 is 20.3. The van der Waals surface area contributed by atoms with E-state index in [9.17, 15) is 9.59 Å². The summed E-state index contributed by atoms with van der Waals surface area (Å²) in [6, 6.07) is 24.6. The molecule has 0 saturated carbocycles. The summed E-state index contributed by atoms with van der Waals surface area (Å²) in [7, 11) is 1.60. The summed E-state index contributed by atoms with van der Waals surface area (Å²) in [5.74, 6) is 0.675. The molecule has 1 aliphatic rings. The van der Waals surface area contributed by atoms with Gasteiger partial charge in [-0.3, -0.25) is 9.36 Å². The molecule has 45 heavy (non-hydrogen) atoms. The van der Waals surface area contributed by atoms with Crippen molar-refractivity contribution in [2.75, 3.05) is 13.7 Å². The van der Waals surface area contributed by atoms with Gasteiger partial charge in [-0.15, -0.1) is 0 Å². The number of nitrogens with zero attached hydrogens (tertiary/aromatic N) is 2. The van der Waals surface area contributed by atoms with E-state index >= 15 is 0 Å². The van der Waals surface area contributed by atoms with Crippen molar-refractivity contribution in [2.45, 2.75) is 26.5 Å². The van der Waals surface area contributed by atoms with E-state index in [2.05, 4.69) is 51.8 Å². The van der Waals surface area contributed by atoms with Crippen LogP contribution in [0.25, 0.3) is 16.8 Å². The highest BCUT2D eigenvalue weighted by Crippen LogP contribution is 2.36. The Morgan fingerprint density at radius 1 is 1.09 bits per heavy atom. The Labute approximate surface area is 282 Å². The highest BCUT2D eigenvalue weighted by molar-refractivity contribution is 14.1. The van der Waals surface area contributed by atoms with Crippen molar-refractivity contribution in [3.63, 3.8) is 0 Å². The van der Waals surface area contributed by atoms with Crippen molar-refractivity contribution in [2.24, 2.45) is 4.99 Å². The van der Waals surface area contributed by atoms with Crippen molar-refractivity contribution < 1.29 is 19.0 Å². The second kappa shape index (κ2) is 13.2. The molecule has 228 valence electrons. The lowest BCUT2D eigenvalue weighted by atomic mass is 9.96. The first-order valence-electron chi connectivity index (χ1n) is 14.2. The molecule has 2 heterocycles. The van der Waals surface area contributed by atoms with E-state index in [4.69, 9.17) is 25.8 Å². The molecule has 0 N–H and O–H groups in total. The largest absolute Gasteiger partial charge is 0.493 e. The molecule has 0 unspecified atom stereocenters. The molecule has 1 aliphatic heterocycles. The van der Waals surface area contributed by atoms with Gasteiger partial charge in [-0.05, 0) is 94.2 Å². The summed E-state index contributed by atoms with van der Waals surface area (Å²) in [6.07, 6.45) is 1.81. The van der Waals surface area contributed by atoms with Gasteiger partial charge >= 0.3 is 5.97 Å². The van der Waals surface area contributed by atoms with Gasteiger partial charge in [0.1, 0.15) is 6.61 Å². The number of hydrogen-bond acceptors (Lipinski definition) is 7. The van der Waals surface area contributed by atoms with Crippen LogP contribution in [0.1, 0.15) is 36.6 Å². The zero-order chi connectivity index (χ0) is 31.7. The molecule has 0 fully saturated rings. The molecule has 0 bridgehead atoms. The second-order valence-electron chi connectivity index (χ2n) is 10.3. The lowest BCUT2D eigenvalue weighted by Crippen LogP contribution is -2.39. The van der Waals surface area contributed by atoms with Crippen LogP contribution < -0.4 is 24.4 Å². The molecule has 0 amide bonds. The molecule has 7 nitrogen and oxygen atoms in total. The number of rotatable bonds is 8. The van der Waals surface area contributed by atoms with E-state index in [0.717, 1.165) is 31.0 Å². The van der Waals surface area contributed by atoms with Crippen LogP contribution in [0, 0.1) is 3.57 Å². The number of ether oxygens (including phenoxy) is 3. The van der Waals surface area contributed by atoms with Crippen LogP contribution >= 0.6 is 45.5 Å². The molecule has 6 rings (SSSR count). The lowest BCUT2D eigenvalue weighted by Gasteiger charge is -2.24. The zero-order valence-corrected chi connectivity index (χ0v) is 28.4. The number of allylic oxidation sites excluding steroid dienone is 1. The van der Waals surface area contributed by atoms with Crippen LogP contribution in [0.4, 0.5) is 0 Å². The molecule has 5 aromatic rings. The summed E-state index contributed by atoms with van der Waals surface area (Å²) in [6.45, 7) is 4.08. The molecular weight excluding hydrogens is 723 g/mol. The van der Waals surface area contributed by atoms with Gasteiger partial charge in [-0.1, -0.05) is 77.5 Å². The Bertz CT molecular complexity index is 2150. The number of fused-ring (bicyclic) bond motifs is 2. The first-order chi connectivity index (χ1) is 21.8. The monoisotopic (exact) mass is 750 g/mol. The number of hydrogen-bond donors (Lipinski definition) is 0. The number of methoxy groups -OCH3 is 1. The van der Waals surface area contributed by atoms with Gasteiger partial charge in [-0.2, -0.15) is 0 Å². The van der Waals surface area contributed by atoms with Crippen molar-refractivity contribution in [1.82, 2.24) is 4.57 Å². The smallest absolute Gasteiger partial charge is 0.338 e. The highest BCUT2D eigenvalue weighted by Gasteiger charge is 2.33. The Kier molecular flexibility index (Phi) is 9.11. The quantitative estimate of drug-likeness (QED) is 0.129. The molecule has 1 atom stereocenters. The summed E-state index contributed by atoms with van der Waals surface area (Å²) >= 11 is 9.65. The van der Waals surface area contributed by atoms with Gasteiger partial charge in [0.15, 0.2) is 16.3 Å². The van der Waals surface area contributed by atoms with Crippen molar-refractivity contribution in [1.29, 1.82) is 0 Å². The fourth-order valence-corrected chi connectivity index (χ4v) is 7.39. The molecular formula is C35H28ClIN2O5S. The first kappa shape index (κ1) is 31.1. The van der Waals surface area contributed by atoms with Crippen molar-refractivity contribution in [3.05, 3.63) is 135 Å². The van der Waals surface area contributed by atoms with Gasteiger partial charge in [0.05, 0.1) is 39.1 Å². The minimum Gasteiger partial charge on any atom is -0.493 e. The number of esters is 1. The number of benzene rings is 4. The topological polar surface area (TPSA) is 79.1 Å². The molecule has 10 heteroatoms. The number of carbonyl (C=O) groups excluding carboxylic acids is 1. The Balaban J connectivity index is 1.39. The molecule has 0 radical (unpaired) electrons. The predicted molar refractivity (Wildman–Crippen MR) is 186 cm³/mol. The van der Waals surface area contributed by atoms with E-state index in [-0.39, 0.29) is 12.2 Å². The Hall–Kier alpha value is -3.93. The minimum atomic E-state index is -0.709. The van der Waals surface area contributed by atoms with Gasteiger partial charge in [-0.25, -0.2) is 9.79 Å². The van der Waals surface area contributed by atoms with Gasteiger partial charge in [0, 0.05) is 5.02 Å². The average Bonchev–Trinajstić information content (AvgIpc) is 3.33. The maximum atomic E-state index is 14.0. The minimum absolute atomic E-state index is 0.204. The van der Waals surface area contributed by atoms with Crippen LogP contribution in [0.3, 0.4) is 0 Å². The Morgan fingerprint density at radius 3 is 2.60 bits per heavy atom. The molecule has 4 aromatic carbocycles. The number of thiazole rings is 1. The standard InChI is InChI=1S/C35H28ClIN2O5S/c1-4-43-34(41)30-20(2)38-35-39(31(30)23-12-14-25(36)15-13-23)33(40)29(45-35)18-21-16-27(37)32(28(17-21)42-3)44-19-24-10-7-9-22-8-5-6-11-26(22)24/h5-18,31H,4,19H2,1-3H3/b29-18+/t31-/m0/s1. The van der Waals surface area contributed by atoms with Crippen molar-refractivity contribution in [3.8, 4) is 11.5 Å². The third kappa shape index (κ3) is 6.16. The van der Waals surface area contributed by atoms with Crippen LogP contribution in [0.5, 0.6) is 11.5 Å². The van der Waals surface area contributed by atoms with Gasteiger partial charge in [0.25, 0.3) is 5.56 Å². The lowest BCUT2D eigenvalue weighted by molar-refractivity contribution is -0.139. The maximum absolute atomic E-state index is 14.0. The molecule has 1 aromatic heterocycles. The fourth-order valence-electron chi connectivity index (χ4n) is 5.43. The molecule has 0 spiro atoms. The molecule has 0 saturated heterocycles. The Morgan fingerprint density at radius 2 is 1.84 bits per heavy atom. The van der Waals surface area contributed by atoms with Crippen LogP contribution in [0.2, 0.25) is 5.02 Å². The fraction of sp³-hybridized carbons (Fsp3) is 0.171. The summed E-state index contributed by atoms with van der Waals surface area (Å²) in [5, 5.41) is 2.84. The van der Waals surface area contributed by atoms with E-state index in [1.165, 1.54) is 11.3 Å². The third-order valence-electron chi connectivity index (χ3n) is 7.50. The summed E-state index contributed by atoms with van der Waals surface area (Å²) in [5.41, 5.74) is 3.13. The average molecular weight is 751 g/mol. The van der Waals surface area contributed by atoms with E-state index in [1.54, 1.807) is 37.7 Å². The van der Waals surface area contributed by atoms with E-state index in [0.29, 0.717) is 43.7 Å². The number of carbonyl (C=O) groups is 1. The predicted octanol–water partition coefficient (Wildman–Crippen LogP) is 6.80. The van der Waals surface area contributed by atoms with Gasteiger partial charge < -0.3 is 14.2 Å². The van der Waals surface area contributed by atoms with Gasteiger partial charge in [0.2, 0.25) is 0 Å². The zero-order valence-electron chi connectivity index (χ0n) is 24.7. The van der Waals surface area contributed by atoms with Crippen LogP contribution in [0.15, 0.2) is 99.9 Å².